The van der Waals surface area contributed by atoms with Crippen molar-refractivity contribution in [3.63, 3.8) is 0 Å². The molecular weight excluding hydrogens is 353 g/mol. The van der Waals surface area contributed by atoms with Crippen LogP contribution in [0.5, 0.6) is 5.75 Å². The molecular formula is C19H14FN3O2S. The van der Waals surface area contributed by atoms with Crippen LogP contribution in [-0.2, 0) is 0 Å². The maximum atomic E-state index is 14.7. The average Bonchev–Trinajstić information content (AvgIpc) is 3.29. The van der Waals surface area contributed by atoms with Crippen molar-refractivity contribution in [3.05, 3.63) is 64.7 Å². The summed E-state index contributed by atoms with van der Waals surface area (Å²) in [6.45, 7) is 0. The van der Waals surface area contributed by atoms with Crippen LogP contribution in [0.3, 0.4) is 0 Å². The highest BCUT2D eigenvalue weighted by Gasteiger charge is 2.13. The standard InChI is InChI=1S/C19H14FN3O2S/c1-25-19-5-3-2-4-16(19)22-17-6-12-9-21-23(18(12)8-15(17)20)13-7-14(10-24)26-11-13/h2-11,22H,1H3. The number of halogens is 1. The number of para-hydroxylation sites is 2. The molecule has 0 aliphatic rings. The van der Waals surface area contributed by atoms with Crippen molar-refractivity contribution in [3.8, 4) is 11.4 Å². The number of aromatic nitrogens is 2. The minimum Gasteiger partial charge on any atom is -0.495 e. The predicted octanol–water partition coefficient (Wildman–Crippen LogP) is 4.79. The zero-order chi connectivity index (χ0) is 18.1. The maximum Gasteiger partial charge on any atom is 0.160 e. The van der Waals surface area contributed by atoms with Gasteiger partial charge in [-0.2, -0.15) is 5.10 Å². The normalized spacial score (nSPS) is 10.8. The smallest absolute Gasteiger partial charge is 0.160 e. The second-order valence-electron chi connectivity index (χ2n) is 5.60. The van der Waals surface area contributed by atoms with Gasteiger partial charge in [0.05, 0.1) is 40.8 Å². The maximum absolute atomic E-state index is 14.7. The van der Waals surface area contributed by atoms with E-state index in [0.717, 1.165) is 17.4 Å². The van der Waals surface area contributed by atoms with E-state index in [1.54, 1.807) is 36.2 Å². The first kappa shape index (κ1) is 16.3. The molecule has 2 aromatic heterocycles. The van der Waals surface area contributed by atoms with E-state index in [2.05, 4.69) is 10.4 Å². The number of ether oxygens (including phenoxy) is 1. The van der Waals surface area contributed by atoms with Gasteiger partial charge in [-0.15, -0.1) is 11.3 Å². The Kier molecular flexibility index (Phi) is 4.14. The molecule has 0 unspecified atom stereocenters. The van der Waals surface area contributed by atoms with Gasteiger partial charge in [0.2, 0.25) is 0 Å². The fourth-order valence-corrected chi connectivity index (χ4v) is 3.43. The second kappa shape index (κ2) is 6.61. The molecule has 130 valence electrons. The number of nitrogens with one attached hydrogen (secondary N) is 1. The summed E-state index contributed by atoms with van der Waals surface area (Å²) >= 11 is 1.32. The SMILES string of the molecule is COc1ccccc1Nc1cc2cnn(-c3csc(C=O)c3)c2cc1F. The third-order valence-corrected chi connectivity index (χ3v) is 4.85. The Balaban J connectivity index is 1.75. The van der Waals surface area contributed by atoms with E-state index in [-0.39, 0.29) is 0 Å². The van der Waals surface area contributed by atoms with Crippen LogP contribution in [0.4, 0.5) is 15.8 Å². The van der Waals surface area contributed by atoms with Crippen molar-refractivity contribution in [1.29, 1.82) is 0 Å². The molecule has 0 bridgehead atoms. The molecule has 5 nitrogen and oxygen atoms in total. The molecule has 0 aliphatic heterocycles. The van der Waals surface area contributed by atoms with Crippen LogP contribution in [0.1, 0.15) is 9.67 Å². The van der Waals surface area contributed by atoms with Gasteiger partial charge >= 0.3 is 0 Å². The number of carbonyl (C=O) groups is 1. The van der Waals surface area contributed by atoms with E-state index >= 15 is 0 Å². The fraction of sp³-hybridized carbons (Fsp3) is 0.0526. The van der Waals surface area contributed by atoms with E-state index in [9.17, 15) is 9.18 Å². The van der Waals surface area contributed by atoms with Gasteiger partial charge in [-0.1, -0.05) is 12.1 Å². The molecule has 2 aromatic carbocycles. The summed E-state index contributed by atoms with van der Waals surface area (Å²) in [5, 5.41) is 9.98. The number of methoxy groups -OCH3 is 1. The Morgan fingerprint density at radius 1 is 1.23 bits per heavy atom. The first-order valence-corrected chi connectivity index (χ1v) is 8.69. The summed E-state index contributed by atoms with van der Waals surface area (Å²) in [7, 11) is 1.57. The van der Waals surface area contributed by atoms with Crippen LogP contribution in [0.25, 0.3) is 16.6 Å². The van der Waals surface area contributed by atoms with Crippen molar-refractivity contribution in [1.82, 2.24) is 9.78 Å². The Labute approximate surface area is 152 Å². The molecule has 0 saturated carbocycles. The lowest BCUT2D eigenvalue weighted by Gasteiger charge is -2.12. The van der Waals surface area contributed by atoms with E-state index in [1.807, 2.05) is 23.6 Å². The topological polar surface area (TPSA) is 56.1 Å². The highest BCUT2D eigenvalue weighted by atomic mass is 32.1. The van der Waals surface area contributed by atoms with E-state index in [0.29, 0.717) is 27.5 Å². The van der Waals surface area contributed by atoms with Gasteiger partial charge in [0, 0.05) is 16.8 Å². The summed E-state index contributed by atoms with van der Waals surface area (Å²) in [6, 6.07) is 12.2. The molecule has 7 heteroatoms. The van der Waals surface area contributed by atoms with Gasteiger partial charge in [-0.05, 0) is 24.3 Å². The van der Waals surface area contributed by atoms with Crippen molar-refractivity contribution >= 4 is 39.9 Å². The molecule has 0 aliphatic carbocycles. The van der Waals surface area contributed by atoms with Crippen LogP contribution >= 0.6 is 11.3 Å². The number of benzene rings is 2. The van der Waals surface area contributed by atoms with Crippen molar-refractivity contribution in [2.24, 2.45) is 0 Å². The van der Waals surface area contributed by atoms with Crippen LogP contribution in [-0.4, -0.2) is 23.2 Å². The summed E-state index contributed by atoms with van der Waals surface area (Å²) in [5.41, 5.74) is 2.37. The molecule has 0 saturated heterocycles. The number of fused-ring (bicyclic) bond motifs is 1. The van der Waals surface area contributed by atoms with E-state index < -0.39 is 5.82 Å². The van der Waals surface area contributed by atoms with Crippen LogP contribution in [0.15, 0.2) is 54.0 Å². The highest BCUT2D eigenvalue weighted by Crippen LogP contribution is 2.31. The Hall–Kier alpha value is -3.19. The monoisotopic (exact) mass is 367 g/mol. The van der Waals surface area contributed by atoms with Gasteiger partial charge < -0.3 is 10.1 Å². The molecule has 0 spiro atoms. The van der Waals surface area contributed by atoms with Crippen LogP contribution < -0.4 is 10.1 Å². The average molecular weight is 367 g/mol. The van der Waals surface area contributed by atoms with E-state index in [1.165, 1.54) is 17.4 Å². The minimum atomic E-state index is -0.406. The quantitative estimate of drug-likeness (QED) is 0.515. The molecule has 0 atom stereocenters. The third kappa shape index (κ3) is 2.82. The zero-order valence-corrected chi connectivity index (χ0v) is 14.6. The van der Waals surface area contributed by atoms with Crippen LogP contribution in [0.2, 0.25) is 0 Å². The Bertz CT molecular complexity index is 1100. The summed E-state index contributed by atoms with van der Waals surface area (Å²) in [4.78, 5) is 11.5. The first-order chi connectivity index (χ1) is 12.7. The largest absolute Gasteiger partial charge is 0.495 e. The number of rotatable bonds is 5. The summed E-state index contributed by atoms with van der Waals surface area (Å²) in [6.07, 6.45) is 2.45. The summed E-state index contributed by atoms with van der Waals surface area (Å²) in [5.74, 6) is 0.221. The second-order valence-corrected chi connectivity index (χ2v) is 6.54. The Morgan fingerprint density at radius 3 is 2.85 bits per heavy atom. The molecule has 4 rings (SSSR count). The Morgan fingerprint density at radius 2 is 2.08 bits per heavy atom. The molecule has 26 heavy (non-hydrogen) atoms. The third-order valence-electron chi connectivity index (χ3n) is 4.00. The molecule has 1 N–H and O–H groups in total. The van der Waals surface area contributed by atoms with Gasteiger partial charge in [-0.3, -0.25) is 4.79 Å². The zero-order valence-electron chi connectivity index (χ0n) is 13.8. The highest BCUT2D eigenvalue weighted by molar-refractivity contribution is 7.12. The first-order valence-electron chi connectivity index (χ1n) is 7.81. The molecule has 0 amide bonds. The predicted molar refractivity (Wildman–Crippen MR) is 101 cm³/mol. The summed E-state index contributed by atoms with van der Waals surface area (Å²) < 4.78 is 21.6. The number of carbonyl (C=O) groups excluding carboxylic acids is 1. The van der Waals surface area contributed by atoms with Gasteiger partial charge in [0.25, 0.3) is 0 Å². The van der Waals surface area contributed by atoms with Gasteiger partial charge in [0.15, 0.2) is 6.29 Å². The van der Waals surface area contributed by atoms with Crippen molar-refractivity contribution in [2.45, 2.75) is 0 Å². The molecule has 2 heterocycles. The fourth-order valence-electron chi connectivity index (χ4n) is 2.76. The molecule has 4 aromatic rings. The molecule has 0 radical (unpaired) electrons. The lowest BCUT2D eigenvalue weighted by atomic mass is 10.2. The lowest BCUT2D eigenvalue weighted by molar-refractivity contribution is 0.112. The minimum absolute atomic E-state index is 0.334. The van der Waals surface area contributed by atoms with Crippen LogP contribution in [0, 0.1) is 5.82 Å². The van der Waals surface area contributed by atoms with Gasteiger partial charge in [-0.25, -0.2) is 9.07 Å². The number of hydrogen-bond acceptors (Lipinski definition) is 5. The number of aldehydes is 1. The van der Waals surface area contributed by atoms with E-state index in [4.69, 9.17) is 4.74 Å². The van der Waals surface area contributed by atoms with Gasteiger partial charge in [0.1, 0.15) is 11.6 Å². The lowest BCUT2D eigenvalue weighted by Crippen LogP contribution is -1.98. The molecule has 0 fully saturated rings. The number of nitrogens with zero attached hydrogens (tertiary/aromatic N) is 2. The number of anilines is 2. The number of thiophene rings is 1. The number of hydrogen-bond donors (Lipinski definition) is 1. The van der Waals surface area contributed by atoms with Crippen molar-refractivity contribution < 1.29 is 13.9 Å². The van der Waals surface area contributed by atoms with Crippen molar-refractivity contribution in [2.75, 3.05) is 12.4 Å².